The van der Waals surface area contributed by atoms with Crippen LogP contribution in [0.25, 0.3) is 5.82 Å². The molecule has 2 heterocycles. The summed E-state index contributed by atoms with van der Waals surface area (Å²) >= 11 is 0. The Balaban J connectivity index is 2.25. The highest BCUT2D eigenvalue weighted by Crippen LogP contribution is 2.17. The summed E-state index contributed by atoms with van der Waals surface area (Å²) in [6.07, 6.45) is 8.50. The summed E-state index contributed by atoms with van der Waals surface area (Å²) in [5, 5.41) is 4.34. The predicted molar refractivity (Wildman–Crippen MR) is 96.0 cm³/mol. The van der Waals surface area contributed by atoms with E-state index in [4.69, 9.17) is 4.84 Å². The first-order valence-electron chi connectivity index (χ1n) is 7.84. The van der Waals surface area contributed by atoms with Gasteiger partial charge >= 0.3 is 0 Å². The maximum absolute atomic E-state index is 12.8. The number of allylic oxidation sites excluding steroid dienone is 3. The molecule has 0 aliphatic rings. The van der Waals surface area contributed by atoms with Crippen LogP contribution in [0.15, 0.2) is 48.6 Å². The summed E-state index contributed by atoms with van der Waals surface area (Å²) < 4.78 is 1.69. The molecule has 0 aliphatic heterocycles. The molecule has 25 heavy (non-hydrogen) atoms. The largest absolute Gasteiger partial charge is 0.315 e. The van der Waals surface area contributed by atoms with Crippen LogP contribution in [0.1, 0.15) is 28.5 Å². The number of amides is 1. The molecule has 0 aliphatic carbocycles. The van der Waals surface area contributed by atoms with E-state index in [1.165, 1.54) is 7.11 Å². The van der Waals surface area contributed by atoms with Crippen LogP contribution in [0.3, 0.4) is 0 Å². The molecule has 0 saturated heterocycles. The van der Waals surface area contributed by atoms with Crippen LogP contribution in [-0.2, 0) is 4.84 Å². The second-order valence-corrected chi connectivity index (χ2v) is 5.55. The van der Waals surface area contributed by atoms with Gasteiger partial charge in [0.15, 0.2) is 5.82 Å². The van der Waals surface area contributed by atoms with Crippen molar-refractivity contribution >= 4 is 5.91 Å². The fraction of sp³-hybridized carbons (Fsp3) is 0.278. The molecule has 0 atom stereocenters. The van der Waals surface area contributed by atoms with E-state index in [9.17, 15) is 4.79 Å². The Kier molecular flexibility index (Phi) is 6.08. The molecule has 7 nitrogen and oxygen atoms in total. The van der Waals surface area contributed by atoms with Crippen LogP contribution >= 0.6 is 0 Å². The molecule has 0 spiro atoms. The third-order valence-electron chi connectivity index (χ3n) is 3.88. The van der Waals surface area contributed by atoms with E-state index in [1.807, 2.05) is 39.0 Å². The van der Waals surface area contributed by atoms with Crippen LogP contribution in [0, 0.1) is 13.8 Å². The number of rotatable bonds is 6. The number of hydroxylamine groups is 1. The van der Waals surface area contributed by atoms with Gasteiger partial charge in [-0.1, -0.05) is 6.07 Å². The maximum atomic E-state index is 12.8. The van der Waals surface area contributed by atoms with Gasteiger partial charge < -0.3 is 4.90 Å². The molecule has 1 amide bonds. The lowest BCUT2D eigenvalue weighted by Crippen LogP contribution is -2.25. The number of carbonyl (C=O) groups is 1. The Hall–Kier alpha value is -2.93. The van der Waals surface area contributed by atoms with Crippen molar-refractivity contribution < 1.29 is 9.63 Å². The van der Waals surface area contributed by atoms with E-state index < -0.39 is 0 Å². The number of pyridine rings is 1. The molecule has 2 aromatic heterocycles. The van der Waals surface area contributed by atoms with E-state index >= 15 is 0 Å². The van der Waals surface area contributed by atoms with Gasteiger partial charge in [-0.25, -0.2) is 9.67 Å². The van der Waals surface area contributed by atoms with Crippen molar-refractivity contribution in [1.82, 2.24) is 25.1 Å². The normalized spacial score (nSPS) is 11.8. The van der Waals surface area contributed by atoms with Crippen LogP contribution in [0.2, 0.25) is 0 Å². The highest BCUT2D eigenvalue weighted by molar-refractivity contribution is 5.96. The number of carbonyl (C=O) groups excluding carboxylic acids is 1. The number of aryl methyl sites for hydroxylation is 1. The number of aromatic nitrogens is 3. The first-order valence-corrected chi connectivity index (χ1v) is 7.84. The van der Waals surface area contributed by atoms with Gasteiger partial charge in [0.25, 0.3) is 5.91 Å². The van der Waals surface area contributed by atoms with Crippen molar-refractivity contribution in [2.24, 2.45) is 0 Å². The number of hydrogen-bond donors (Lipinski definition) is 1. The number of nitrogens with one attached hydrogen (secondary N) is 1. The second kappa shape index (κ2) is 8.25. The van der Waals surface area contributed by atoms with Gasteiger partial charge in [0.2, 0.25) is 0 Å². The molecule has 2 rings (SSSR count). The molecule has 0 aromatic carbocycles. The van der Waals surface area contributed by atoms with Crippen LogP contribution in [-0.4, -0.2) is 39.7 Å². The lowest BCUT2D eigenvalue weighted by molar-refractivity contribution is 0.0836. The molecule has 0 unspecified atom stereocenters. The van der Waals surface area contributed by atoms with Gasteiger partial charge in [0.05, 0.1) is 24.6 Å². The average molecular weight is 341 g/mol. The van der Waals surface area contributed by atoms with E-state index in [0.717, 1.165) is 22.8 Å². The Bertz CT molecular complexity index is 808. The fourth-order valence-electron chi connectivity index (χ4n) is 2.28. The van der Waals surface area contributed by atoms with E-state index in [0.29, 0.717) is 5.56 Å². The number of nitrogens with zero attached hydrogens (tertiary/aromatic N) is 4. The first-order chi connectivity index (χ1) is 12.0. The summed E-state index contributed by atoms with van der Waals surface area (Å²) in [7, 11) is 3.26. The number of hydrogen-bond acceptors (Lipinski definition) is 5. The summed E-state index contributed by atoms with van der Waals surface area (Å²) in [5.41, 5.74) is 5.67. The molecular formula is C18H23N5O2. The minimum Gasteiger partial charge on any atom is -0.315 e. The SMILES string of the molecule is CON/C=C\C=C(/C)N(C)C(=O)c1cnn(-c2ncccc2C)c1C. The Morgan fingerprint density at radius 3 is 2.84 bits per heavy atom. The monoisotopic (exact) mass is 341 g/mol. The Labute approximate surface area is 147 Å². The van der Waals surface area contributed by atoms with Crippen molar-refractivity contribution in [1.29, 1.82) is 0 Å². The summed E-state index contributed by atoms with van der Waals surface area (Å²) in [6, 6.07) is 3.84. The highest BCUT2D eigenvalue weighted by atomic mass is 16.6. The first kappa shape index (κ1) is 18.4. The van der Waals surface area contributed by atoms with Crippen molar-refractivity contribution in [2.75, 3.05) is 14.2 Å². The van der Waals surface area contributed by atoms with Crippen LogP contribution < -0.4 is 5.48 Å². The van der Waals surface area contributed by atoms with Gasteiger partial charge in [-0.3, -0.25) is 15.1 Å². The highest BCUT2D eigenvalue weighted by Gasteiger charge is 2.20. The summed E-state index contributed by atoms with van der Waals surface area (Å²) in [4.78, 5) is 23.4. The average Bonchev–Trinajstić information content (AvgIpc) is 2.99. The van der Waals surface area contributed by atoms with E-state index in [1.54, 1.807) is 41.3 Å². The molecule has 7 heteroatoms. The zero-order chi connectivity index (χ0) is 18.4. The Morgan fingerprint density at radius 1 is 1.40 bits per heavy atom. The van der Waals surface area contributed by atoms with Gasteiger partial charge in [-0.2, -0.15) is 5.10 Å². The van der Waals surface area contributed by atoms with E-state index in [2.05, 4.69) is 15.6 Å². The van der Waals surface area contributed by atoms with Crippen molar-refractivity contribution in [3.05, 3.63) is 65.4 Å². The molecule has 0 bridgehead atoms. The molecule has 1 N–H and O–H groups in total. The molecule has 0 fully saturated rings. The van der Waals surface area contributed by atoms with Crippen molar-refractivity contribution in [3.8, 4) is 5.82 Å². The predicted octanol–water partition coefficient (Wildman–Crippen LogP) is 2.52. The second-order valence-electron chi connectivity index (χ2n) is 5.55. The van der Waals surface area contributed by atoms with E-state index in [-0.39, 0.29) is 5.91 Å². The summed E-state index contributed by atoms with van der Waals surface area (Å²) in [6.45, 7) is 5.69. The standard InChI is InChI=1S/C18H23N5O2/c1-13-8-6-10-19-17(13)23-15(3)16(12-20-23)18(24)22(4)14(2)9-7-11-21-25-5/h6-12,21H,1-5H3/b11-7-,14-9+. The zero-order valence-corrected chi connectivity index (χ0v) is 15.1. The van der Waals surface area contributed by atoms with Gasteiger partial charge in [-0.15, -0.1) is 0 Å². The van der Waals surface area contributed by atoms with Gasteiger partial charge in [-0.05, 0) is 44.6 Å². The van der Waals surface area contributed by atoms with Crippen molar-refractivity contribution in [2.45, 2.75) is 20.8 Å². The zero-order valence-electron chi connectivity index (χ0n) is 15.1. The molecule has 2 aromatic rings. The third-order valence-corrected chi connectivity index (χ3v) is 3.88. The van der Waals surface area contributed by atoms with Gasteiger partial charge in [0, 0.05) is 25.1 Å². The van der Waals surface area contributed by atoms with Crippen LogP contribution in [0.4, 0.5) is 0 Å². The lowest BCUT2D eigenvalue weighted by atomic mass is 10.2. The third kappa shape index (κ3) is 4.13. The van der Waals surface area contributed by atoms with Crippen molar-refractivity contribution in [3.63, 3.8) is 0 Å². The molecule has 132 valence electrons. The van der Waals surface area contributed by atoms with Crippen LogP contribution in [0.5, 0.6) is 0 Å². The molecule has 0 saturated carbocycles. The smallest absolute Gasteiger partial charge is 0.261 e. The maximum Gasteiger partial charge on any atom is 0.261 e. The topological polar surface area (TPSA) is 72.3 Å². The fourth-order valence-corrected chi connectivity index (χ4v) is 2.28. The molecular weight excluding hydrogens is 318 g/mol. The minimum absolute atomic E-state index is 0.126. The summed E-state index contributed by atoms with van der Waals surface area (Å²) in [5.74, 6) is 0.599. The lowest BCUT2D eigenvalue weighted by Gasteiger charge is -2.17. The minimum atomic E-state index is -0.126. The Morgan fingerprint density at radius 2 is 2.16 bits per heavy atom. The quantitative estimate of drug-likeness (QED) is 0.646. The molecule has 0 radical (unpaired) electrons. The van der Waals surface area contributed by atoms with Gasteiger partial charge in [0.1, 0.15) is 0 Å².